The number of nitrogens with two attached hydrogens (primary N) is 2. The van der Waals surface area contributed by atoms with E-state index in [1.165, 1.54) is 0 Å². The SMILES string of the molecule is Cc1ccc(S(=O)(=O)CN)cc1.N[C@@H]1CCCC[C@H]1N1Cc2ccc(-c3nnc(C(F)F)o3)cc2C1=O.O=C1c2cc(-c3nnc(C(F)F)o3)ccc2CN1[C@@H]1CCCC[C@H]1n1ccnn1.O=CC=O. The Bertz CT molecular complexity index is 2880. The van der Waals surface area contributed by atoms with Crippen molar-refractivity contribution in [1.29, 1.82) is 0 Å². The zero-order valence-corrected chi connectivity index (χ0v) is 38.5. The van der Waals surface area contributed by atoms with E-state index in [-0.39, 0.29) is 71.1 Å². The number of nitrogens with zero attached hydrogens (tertiary/aromatic N) is 9. The van der Waals surface area contributed by atoms with Gasteiger partial charge in [-0.15, -0.1) is 25.5 Å². The fourth-order valence-corrected chi connectivity index (χ4v) is 9.60. The molecule has 2 aliphatic heterocycles. The Balaban J connectivity index is 0.000000160. The van der Waals surface area contributed by atoms with Crippen molar-refractivity contribution >= 4 is 34.2 Å². The number of sulfone groups is 1. The molecular formula is C46H49F4N11O8S. The summed E-state index contributed by atoms with van der Waals surface area (Å²) in [5.41, 5.74) is 16.1. The van der Waals surface area contributed by atoms with Crippen molar-refractivity contribution in [1.82, 2.24) is 45.2 Å². The van der Waals surface area contributed by atoms with Gasteiger partial charge in [-0.1, -0.05) is 60.7 Å². The molecule has 2 fully saturated rings. The van der Waals surface area contributed by atoms with Crippen LogP contribution in [0.1, 0.15) is 119 Å². The minimum absolute atomic E-state index is 0.00368. The smallest absolute Gasteiger partial charge is 0.314 e. The largest absolute Gasteiger partial charge is 0.415 e. The molecule has 370 valence electrons. The number of hydrogen-bond donors (Lipinski definition) is 2. The lowest BCUT2D eigenvalue weighted by atomic mass is 9.89. The minimum atomic E-state index is -3.24. The molecule has 3 aromatic carbocycles. The van der Waals surface area contributed by atoms with E-state index < -0.39 is 34.5 Å². The first-order chi connectivity index (χ1) is 33.6. The zero-order valence-electron chi connectivity index (χ0n) is 37.7. The first-order valence-electron chi connectivity index (χ1n) is 22.3. The zero-order chi connectivity index (χ0) is 50.1. The van der Waals surface area contributed by atoms with Crippen molar-refractivity contribution < 1.29 is 54.0 Å². The van der Waals surface area contributed by atoms with Gasteiger partial charge in [0.2, 0.25) is 11.8 Å². The van der Waals surface area contributed by atoms with Gasteiger partial charge >= 0.3 is 12.9 Å². The Morgan fingerprint density at radius 3 is 1.63 bits per heavy atom. The Morgan fingerprint density at radius 2 is 1.19 bits per heavy atom. The molecule has 0 unspecified atom stereocenters. The number of aldehydes is 2. The average Bonchev–Trinajstić information content (AvgIpc) is 4.24. The fraction of sp³-hybridized carbons (Fsp3) is 0.391. The van der Waals surface area contributed by atoms with Gasteiger partial charge in [0, 0.05) is 53.6 Å². The van der Waals surface area contributed by atoms with Crippen molar-refractivity contribution in [3.8, 4) is 22.9 Å². The summed E-state index contributed by atoms with van der Waals surface area (Å²) < 4.78 is 84.9. The predicted molar refractivity (Wildman–Crippen MR) is 240 cm³/mol. The van der Waals surface area contributed by atoms with E-state index in [0.717, 1.165) is 68.1 Å². The lowest BCUT2D eigenvalue weighted by Gasteiger charge is -2.37. The number of hydrogen-bond acceptors (Lipinski definition) is 16. The first kappa shape index (κ1) is 50.8. The van der Waals surface area contributed by atoms with Gasteiger partial charge in [0.15, 0.2) is 22.4 Å². The van der Waals surface area contributed by atoms with Crippen molar-refractivity contribution in [3.63, 3.8) is 0 Å². The topological polar surface area (TPSA) is 269 Å². The normalized spacial score (nSPS) is 19.6. The van der Waals surface area contributed by atoms with Gasteiger partial charge in [-0.25, -0.2) is 13.1 Å². The molecule has 0 spiro atoms. The Hall–Kier alpha value is -7.05. The number of alkyl halides is 4. The van der Waals surface area contributed by atoms with Crippen LogP contribution in [-0.2, 0) is 32.5 Å². The van der Waals surface area contributed by atoms with E-state index in [9.17, 15) is 35.6 Å². The number of halogens is 4. The first-order valence-corrected chi connectivity index (χ1v) is 23.9. The van der Waals surface area contributed by atoms with E-state index in [0.29, 0.717) is 35.3 Å². The summed E-state index contributed by atoms with van der Waals surface area (Å²) >= 11 is 0. The Morgan fingerprint density at radius 1 is 0.700 bits per heavy atom. The highest BCUT2D eigenvalue weighted by Crippen LogP contribution is 2.38. The number of carbonyl (C=O) groups excluding carboxylic acids is 4. The lowest BCUT2D eigenvalue weighted by molar-refractivity contribution is -0.122. The van der Waals surface area contributed by atoms with E-state index in [2.05, 4.69) is 30.7 Å². The van der Waals surface area contributed by atoms with Crippen LogP contribution in [0, 0.1) is 6.92 Å². The highest BCUT2D eigenvalue weighted by molar-refractivity contribution is 7.91. The van der Waals surface area contributed by atoms with E-state index in [4.69, 9.17) is 29.9 Å². The summed E-state index contributed by atoms with van der Waals surface area (Å²) in [5.74, 6) is -1.98. The second-order valence-corrected chi connectivity index (χ2v) is 18.8. The van der Waals surface area contributed by atoms with Crippen molar-refractivity contribution in [2.24, 2.45) is 11.5 Å². The van der Waals surface area contributed by atoms with Crippen LogP contribution in [0.5, 0.6) is 0 Å². The molecule has 6 aromatic rings. The minimum Gasteiger partial charge on any atom is -0.415 e. The molecule has 4 atom stereocenters. The molecule has 5 heterocycles. The van der Waals surface area contributed by atoms with E-state index >= 15 is 0 Å². The Labute approximate surface area is 398 Å². The lowest BCUT2D eigenvalue weighted by Crippen LogP contribution is -2.49. The molecule has 2 aliphatic carbocycles. The van der Waals surface area contributed by atoms with Gasteiger partial charge in [-0.05, 0) is 80.1 Å². The van der Waals surface area contributed by atoms with Gasteiger partial charge < -0.3 is 30.1 Å². The average molecular weight is 992 g/mol. The molecule has 2 amide bonds. The quantitative estimate of drug-likeness (QED) is 0.0857. The Kier molecular flexibility index (Phi) is 16.4. The predicted octanol–water partition coefficient (Wildman–Crippen LogP) is 6.37. The number of aromatic nitrogens is 7. The molecule has 0 saturated heterocycles. The number of amides is 2. The third kappa shape index (κ3) is 11.5. The number of rotatable bonds is 10. The van der Waals surface area contributed by atoms with Crippen LogP contribution in [0.15, 0.2) is 86.8 Å². The van der Waals surface area contributed by atoms with Crippen LogP contribution in [0.2, 0.25) is 0 Å². The van der Waals surface area contributed by atoms with Crippen molar-refractivity contribution in [2.45, 2.75) is 113 Å². The summed E-state index contributed by atoms with van der Waals surface area (Å²) in [6.07, 6.45) is 6.22. The van der Waals surface area contributed by atoms with Crippen LogP contribution in [0.25, 0.3) is 22.9 Å². The van der Waals surface area contributed by atoms with Crippen LogP contribution in [-0.4, -0.2) is 102 Å². The summed E-state index contributed by atoms with van der Waals surface area (Å²) in [6.45, 7) is 2.94. The van der Waals surface area contributed by atoms with Gasteiger partial charge in [-0.3, -0.25) is 19.2 Å². The molecular weight excluding hydrogens is 943 g/mol. The van der Waals surface area contributed by atoms with Crippen molar-refractivity contribution in [3.05, 3.63) is 113 Å². The number of fused-ring (bicyclic) bond motifs is 2. The van der Waals surface area contributed by atoms with Crippen LogP contribution in [0.4, 0.5) is 17.6 Å². The number of carbonyl (C=O) groups is 4. The van der Waals surface area contributed by atoms with Gasteiger partial charge in [0.05, 0.1) is 23.2 Å². The second-order valence-electron chi connectivity index (χ2n) is 16.8. The molecule has 3 aromatic heterocycles. The maximum atomic E-state index is 13.2. The van der Waals surface area contributed by atoms with E-state index in [1.54, 1.807) is 54.7 Å². The summed E-state index contributed by atoms with van der Waals surface area (Å²) in [7, 11) is -3.24. The summed E-state index contributed by atoms with van der Waals surface area (Å²) in [4.78, 5) is 47.6. The second kappa shape index (κ2) is 22.6. The maximum absolute atomic E-state index is 13.2. The van der Waals surface area contributed by atoms with Crippen molar-refractivity contribution in [2.75, 3.05) is 5.88 Å². The molecule has 0 bridgehead atoms. The molecule has 70 heavy (non-hydrogen) atoms. The summed E-state index contributed by atoms with van der Waals surface area (Å²) in [6, 6.07) is 17.1. The molecule has 24 heteroatoms. The third-order valence-corrected chi connectivity index (χ3v) is 13.8. The van der Waals surface area contributed by atoms with Gasteiger partial charge in [-0.2, -0.15) is 17.6 Å². The van der Waals surface area contributed by atoms with Gasteiger partial charge in [0.25, 0.3) is 23.6 Å². The molecule has 19 nitrogen and oxygen atoms in total. The number of benzene rings is 3. The molecule has 4 aliphatic rings. The molecule has 0 radical (unpaired) electrons. The fourth-order valence-electron chi connectivity index (χ4n) is 8.85. The number of aryl methyl sites for hydroxylation is 1. The maximum Gasteiger partial charge on any atom is 0.314 e. The summed E-state index contributed by atoms with van der Waals surface area (Å²) in [5, 5.41) is 22.0. The standard InChI is InChI=1S/C19H18F2N6O2.C17H18F2N4O2.C8H11NO2S.C2H2O2/c20-16(21)18-24-23-17(29-18)11-5-6-12-10-26(19(28)13(12)9-11)14-3-1-2-4-15(14)27-8-7-22-25-27;18-14(19)16-22-21-15(25-16)9-5-6-10-8-23(17(24)11(10)7-9)13-4-2-1-3-12(13)20;1-7-2-4-8(5-3-7)12(10,11)6-9;3-1-2-4/h5-9,14-16H,1-4,10H2;5-7,12-14H,1-4,8,20H2;2-5H,6,9H2,1H3;1-2H/t14-,15-;12-,13-;;/m11../s1. The monoisotopic (exact) mass is 991 g/mol. The van der Waals surface area contributed by atoms with Gasteiger partial charge in [0.1, 0.15) is 5.88 Å². The highest BCUT2D eigenvalue weighted by atomic mass is 32.2. The molecule has 4 N–H and O–H groups in total. The molecule has 2 saturated carbocycles. The highest BCUT2D eigenvalue weighted by Gasteiger charge is 2.40. The van der Waals surface area contributed by atoms with Crippen LogP contribution < -0.4 is 11.5 Å². The van der Waals surface area contributed by atoms with E-state index in [1.807, 2.05) is 39.7 Å². The van der Waals surface area contributed by atoms with Crippen LogP contribution in [0.3, 0.4) is 0 Å². The third-order valence-electron chi connectivity index (χ3n) is 12.3. The molecule has 10 rings (SSSR count). The van der Waals surface area contributed by atoms with Crippen LogP contribution >= 0.6 is 0 Å².